The van der Waals surface area contributed by atoms with Gasteiger partial charge in [-0.2, -0.15) is 11.3 Å². The Morgan fingerprint density at radius 3 is 2.55 bits per heavy atom. The van der Waals surface area contributed by atoms with Gasteiger partial charge in [-0.3, -0.25) is 0 Å². The third kappa shape index (κ3) is 2.63. The van der Waals surface area contributed by atoms with Crippen LogP contribution in [0.4, 0.5) is 11.6 Å². The first kappa shape index (κ1) is 13.4. The third-order valence-electron chi connectivity index (χ3n) is 3.75. The molecule has 1 aliphatic rings. The number of hydrogen-bond acceptors (Lipinski definition) is 5. The smallest absolute Gasteiger partial charge is 0.136 e. The summed E-state index contributed by atoms with van der Waals surface area (Å²) in [5, 5.41) is 11.0. The van der Waals surface area contributed by atoms with E-state index in [9.17, 15) is 0 Å². The van der Waals surface area contributed by atoms with Gasteiger partial charge in [0.1, 0.15) is 17.5 Å². The van der Waals surface area contributed by atoms with Gasteiger partial charge in [-0.05, 0) is 48.6 Å². The number of aryl methyl sites for hydroxylation is 1. The Kier molecular flexibility index (Phi) is 3.61. The van der Waals surface area contributed by atoms with Crippen LogP contribution in [0.25, 0.3) is 0 Å². The fourth-order valence-corrected chi connectivity index (χ4v) is 3.08. The molecule has 0 spiro atoms. The molecule has 0 bridgehead atoms. The molecule has 0 saturated heterocycles. The molecule has 106 valence electrons. The van der Waals surface area contributed by atoms with Gasteiger partial charge in [-0.1, -0.05) is 0 Å². The van der Waals surface area contributed by atoms with Crippen molar-refractivity contribution in [3.05, 3.63) is 33.3 Å². The van der Waals surface area contributed by atoms with Crippen LogP contribution in [-0.2, 0) is 6.54 Å². The Hall–Kier alpha value is -1.62. The average molecular weight is 288 g/mol. The Morgan fingerprint density at radius 2 is 1.95 bits per heavy atom. The lowest BCUT2D eigenvalue weighted by Crippen LogP contribution is -2.09. The van der Waals surface area contributed by atoms with Crippen molar-refractivity contribution in [2.24, 2.45) is 0 Å². The molecule has 2 aromatic rings. The van der Waals surface area contributed by atoms with Crippen LogP contribution in [0.5, 0.6) is 0 Å². The molecule has 5 heteroatoms. The minimum absolute atomic E-state index is 0.561. The highest BCUT2D eigenvalue weighted by molar-refractivity contribution is 7.08. The lowest BCUT2D eigenvalue weighted by molar-refractivity contribution is 0.913. The van der Waals surface area contributed by atoms with E-state index in [1.54, 1.807) is 11.3 Å². The van der Waals surface area contributed by atoms with E-state index in [1.165, 1.54) is 24.0 Å². The molecule has 20 heavy (non-hydrogen) atoms. The number of nitrogens with zero attached hydrogens (tertiary/aromatic N) is 2. The largest absolute Gasteiger partial charge is 0.373 e. The third-order valence-corrected chi connectivity index (χ3v) is 4.66. The first-order valence-electron chi connectivity index (χ1n) is 7.01. The molecule has 4 nitrogen and oxygen atoms in total. The number of hydrogen-bond donors (Lipinski definition) is 2. The van der Waals surface area contributed by atoms with E-state index in [0.717, 1.165) is 29.6 Å². The van der Waals surface area contributed by atoms with Gasteiger partial charge in [0.25, 0.3) is 0 Å². The standard InChI is InChI=1S/C15H20N4S/c1-9-7-20-8-12(9)6-17-14-10(2)13(16-3)18-15(19-14)11-4-5-11/h7-8,11H,4-6H2,1-3H3,(H2,16,17,18,19). The van der Waals surface area contributed by atoms with Crippen molar-refractivity contribution in [3.63, 3.8) is 0 Å². The molecule has 0 aliphatic heterocycles. The summed E-state index contributed by atoms with van der Waals surface area (Å²) in [4.78, 5) is 9.33. The van der Waals surface area contributed by atoms with E-state index >= 15 is 0 Å². The lowest BCUT2D eigenvalue weighted by atomic mass is 10.2. The molecule has 1 fully saturated rings. The number of rotatable bonds is 5. The summed E-state index contributed by atoms with van der Waals surface area (Å²) in [7, 11) is 1.92. The molecule has 0 radical (unpaired) electrons. The number of thiophene rings is 1. The first-order chi connectivity index (χ1) is 9.69. The topological polar surface area (TPSA) is 49.8 Å². The molecular formula is C15H20N4S. The van der Waals surface area contributed by atoms with Crippen molar-refractivity contribution >= 4 is 23.0 Å². The molecule has 2 heterocycles. The number of nitrogens with one attached hydrogen (secondary N) is 2. The maximum Gasteiger partial charge on any atom is 0.136 e. The summed E-state index contributed by atoms with van der Waals surface area (Å²) < 4.78 is 0. The SMILES string of the molecule is CNc1nc(C2CC2)nc(NCc2cscc2C)c1C. The van der Waals surface area contributed by atoms with Gasteiger partial charge < -0.3 is 10.6 Å². The summed E-state index contributed by atoms with van der Waals surface area (Å²) in [5.74, 6) is 3.43. The van der Waals surface area contributed by atoms with Gasteiger partial charge >= 0.3 is 0 Å². The molecule has 1 saturated carbocycles. The molecule has 0 atom stereocenters. The normalized spacial score (nSPS) is 14.3. The van der Waals surface area contributed by atoms with Crippen LogP contribution in [-0.4, -0.2) is 17.0 Å². The van der Waals surface area contributed by atoms with E-state index in [0.29, 0.717) is 5.92 Å². The van der Waals surface area contributed by atoms with Gasteiger partial charge in [-0.25, -0.2) is 9.97 Å². The lowest BCUT2D eigenvalue weighted by Gasteiger charge is -2.13. The van der Waals surface area contributed by atoms with Crippen molar-refractivity contribution in [3.8, 4) is 0 Å². The summed E-state index contributed by atoms with van der Waals surface area (Å²) in [6, 6.07) is 0. The van der Waals surface area contributed by atoms with E-state index in [-0.39, 0.29) is 0 Å². The van der Waals surface area contributed by atoms with Crippen LogP contribution in [0.3, 0.4) is 0 Å². The van der Waals surface area contributed by atoms with Gasteiger partial charge in [0.2, 0.25) is 0 Å². The second-order valence-electron chi connectivity index (χ2n) is 5.36. The summed E-state index contributed by atoms with van der Waals surface area (Å²) in [6.45, 7) is 5.03. The molecule has 2 aromatic heterocycles. The first-order valence-corrected chi connectivity index (χ1v) is 7.95. The fourth-order valence-electron chi connectivity index (χ4n) is 2.22. The van der Waals surface area contributed by atoms with E-state index in [4.69, 9.17) is 4.98 Å². The predicted molar refractivity (Wildman–Crippen MR) is 84.7 cm³/mol. The summed E-state index contributed by atoms with van der Waals surface area (Å²) >= 11 is 1.75. The van der Waals surface area contributed by atoms with Gasteiger partial charge in [0, 0.05) is 25.1 Å². The minimum atomic E-state index is 0.561. The van der Waals surface area contributed by atoms with Crippen LogP contribution < -0.4 is 10.6 Å². The highest BCUT2D eigenvalue weighted by Crippen LogP contribution is 2.39. The maximum absolute atomic E-state index is 4.71. The summed E-state index contributed by atoms with van der Waals surface area (Å²) in [6.07, 6.45) is 2.44. The van der Waals surface area contributed by atoms with Gasteiger partial charge in [0.15, 0.2) is 0 Å². The summed E-state index contributed by atoms with van der Waals surface area (Å²) in [5.41, 5.74) is 3.77. The van der Waals surface area contributed by atoms with Crippen molar-refractivity contribution in [2.75, 3.05) is 17.7 Å². The monoisotopic (exact) mass is 288 g/mol. The molecular weight excluding hydrogens is 268 g/mol. The highest BCUT2D eigenvalue weighted by Gasteiger charge is 2.28. The fraction of sp³-hybridized carbons (Fsp3) is 0.467. The molecule has 2 N–H and O–H groups in total. The Morgan fingerprint density at radius 1 is 1.20 bits per heavy atom. The number of aromatic nitrogens is 2. The zero-order valence-electron chi connectivity index (χ0n) is 12.2. The van der Waals surface area contributed by atoms with E-state index in [1.807, 2.05) is 7.05 Å². The van der Waals surface area contributed by atoms with Crippen molar-refractivity contribution in [1.29, 1.82) is 0 Å². The highest BCUT2D eigenvalue weighted by atomic mass is 32.1. The molecule has 3 rings (SSSR count). The predicted octanol–water partition coefficient (Wildman–Crippen LogP) is 3.69. The zero-order chi connectivity index (χ0) is 14.1. The van der Waals surface area contributed by atoms with Gasteiger partial charge in [-0.15, -0.1) is 0 Å². The van der Waals surface area contributed by atoms with Crippen molar-refractivity contribution in [2.45, 2.75) is 39.2 Å². The molecule has 0 unspecified atom stereocenters. The van der Waals surface area contributed by atoms with Crippen molar-refractivity contribution in [1.82, 2.24) is 9.97 Å². The van der Waals surface area contributed by atoms with Crippen molar-refractivity contribution < 1.29 is 0 Å². The van der Waals surface area contributed by atoms with Crippen LogP contribution in [0, 0.1) is 13.8 Å². The van der Waals surface area contributed by atoms with Crippen LogP contribution in [0.15, 0.2) is 10.8 Å². The van der Waals surface area contributed by atoms with Gasteiger partial charge in [0.05, 0.1) is 0 Å². The maximum atomic E-state index is 4.71. The quantitative estimate of drug-likeness (QED) is 0.881. The van der Waals surface area contributed by atoms with E-state index in [2.05, 4.69) is 40.2 Å². The molecule has 0 aromatic carbocycles. The van der Waals surface area contributed by atoms with Crippen LogP contribution in [0.2, 0.25) is 0 Å². The van der Waals surface area contributed by atoms with E-state index < -0.39 is 0 Å². The Bertz CT molecular complexity index is 616. The average Bonchev–Trinajstić information content (AvgIpc) is 3.21. The minimum Gasteiger partial charge on any atom is -0.373 e. The molecule has 0 amide bonds. The van der Waals surface area contributed by atoms with Crippen LogP contribution >= 0.6 is 11.3 Å². The molecule has 1 aliphatic carbocycles. The second-order valence-corrected chi connectivity index (χ2v) is 6.11. The Balaban J connectivity index is 1.84. The second kappa shape index (κ2) is 5.40. The zero-order valence-corrected chi connectivity index (χ0v) is 13.0. The van der Waals surface area contributed by atoms with Crippen LogP contribution in [0.1, 0.15) is 41.3 Å². The Labute approximate surface area is 123 Å². The number of anilines is 2.